The standard InChI is InChI=1S/C21H32O16/c1-6-12(23)32-18(29)17(28,11-22)37-21(35-15(26)9-4,36-16(27)10-5)20(31,34-14(25)8-3)19(18,30)33-13(24)7-2/h22,28-31H,6-11H2,1-5H3/t17-,18+,19+,20+/m0/s1. The van der Waals surface area contributed by atoms with E-state index in [9.17, 15) is 49.5 Å². The molecule has 0 aromatic heterocycles. The van der Waals surface area contributed by atoms with E-state index in [0.29, 0.717) is 0 Å². The highest BCUT2D eigenvalue weighted by Gasteiger charge is 2.93. The summed E-state index contributed by atoms with van der Waals surface area (Å²) in [4.78, 5) is 61.6. The van der Waals surface area contributed by atoms with Crippen LogP contribution < -0.4 is 0 Å². The predicted molar refractivity (Wildman–Crippen MR) is 113 cm³/mol. The summed E-state index contributed by atoms with van der Waals surface area (Å²) in [6.07, 6.45) is -2.89. The number of carbonyl (C=O) groups excluding carboxylic acids is 5. The Balaban J connectivity index is 4.30. The second kappa shape index (κ2) is 11.7. The van der Waals surface area contributed by atoms with Gasteiger partial charge in [-0.3, -0.25) is 28.7 Å². The molecule has 16 heteroatoms. The molecule has 1 fully saturated rings. The number of aliphatic hydroxyl groups excluding tert-OH is 1. The number of carbonyl (C=O) groups is 5. The average molecular weight is 540 g/mol. The van der Waals surface area contributed by atoms with Gasteiger partial charge in [0.15, 0.2) is 0 Å². The van der Waals surface area contributed by atoms with Gasteiger partial charge in [-0.2, -0.15) is 0 Å². The fraction of sp³-hybridized carbons (Fsp3) is 0.762. The van der Waals surface area contributed by atoms with Gasteiger partial charge in [0.2, 0.25) is 0 Å². The van der Waals surface area contributed by atoms with E-state index in [-0.39, 0.29) is 0 Å². The molecule has 0 unspecified atom stereocenters. The number of esters is 5. The van der Waals surface area contributed by atoms with Crippen molar-refractivity contribution in [1.82, 2.24) is 0 Å². The average Bonchev–Trinajstić information content (AvgIpc) is 2.86. The monoisotopic (exact) mass is 540 g/mol. The van der Waals surface area contributed by atoms with Crippen LogP contribution in [0.3, 0.4) is 0 Å². The highest BCUT2D eigenvalue weighted by molar-refractivity contribution is 5.74. The molecule has 0 amide bonds. The van der Waals surface area contributed by atoms with Crippen LogP contribution >= 0.6 is 0 Å². The molecule has 0 aromatic rings. The molecule has 0 radical (unpaired) electrons. The van der Waals surface area contributed by atoms with E-state index in [2.05, 4.69) is 4.74 Å². The van der Waals surface area contributed by atoms with Crippen LogP contribution in [-0.4, -0.2) is 91.1 Å². The minimum absolute atomic E-state index is 0.549. The van der Waals surface area contributed by atoms with Gasteiger partial charge in [0.25, 0.3) is 5.79 Å². The third-order valence-corrected chi connectivity index (χ3v) is 5.11. The summed E-state index contributed by atoms with van der Waals surface area (Å²) < 4.78 is 29.0. The van der Waals surface area contributed by atoms with Crippen molar-refractivity contribution in [2.45, 2.75) is 95.8 Å². The Labute approximate surface area is 210 Å². The lowest BCUT2D eigenvalue weighted by Gasteiger charge is -2.60. The van der Waals surface area contributed by atoms with Gasteiger partial charge in [-0.25, -0.2) is 0 Å². The lowest BCUT2D eigenvalue weighted by molar-refractivity contribution is -0.631. The van der Waals surface area contributed by atoms with Crippen molar-refractivity contribution in [2.24, 2.45) is 0 Å². The van der Waals surface area contributed by atoms with Crippen molar-refractivity contribution in [3.63, 3.8) is 0 Å². The maximum Gasteiger partial charge on any atom is 0.456 e. The lowest BCUT2D eigenvalue weighted by atomic mass is 9.83. The molecule has 37 heavy (non-hydrogen) atoms. The zero-order valence-corrected chi connectivity index (χ0v) is 21.0. The zero-order valence-electron chi connectivity index (χ0n) is 21.0. The smallest absolute Gasteiger partial charge is 0.420 e. The minimum atomic E-state index is -4.40. The summed E-state index contributed by atoms with van der Waals surface area (Å²) in [6.45, 7) is 4.08. The van der Waals surface area contributed by atoms with Crippen LogP contribution in [0.4, 0.5) is 0 Å². The van der Waals surface area contributed by atoms with Gasteiger partial charge in [-0.1, -0.05) is 34.6 Å². The Morgan fingerprint density at radius 2 is 0.838 bits per heavy atom. The van der Waals surface area contributed by atoms with Gasteiger partial charge in [-0.05, 0) is 0 Å². The SMILES string of the molecule is CCC(=O)OC1(OC(=O)CC)O[C@@](O)(CO)[C@@](O)(OC(=O)CC)[C@@](O)(OC(=O)CC)[C@@]1(O)OC(=O)CC. The molecule has 0 saturated carbocycles. The number of hydrogen-bond acceptors (Lipinski definition) is 16. The van der Waals surface area contributed by atoms with Crippen LogP contribution in [0.1, 0.15) is 66.7 Å². The van der Waals surface area contributed by atoms with Crippen molar-refractivity contribution >= 4 is 29.8 Å². The maximum atomic E-state index is 12.4. The molecule has 0 aliphatic carbocycles. The Morgan fingerprint density at radius 3 is 1.16 bits per heavy atom. The van der Waals surface area contributed by atoms with E-state index in [4.69, 9.17) is 23.7 Å². The summed E-state index contributed by atoms with van der Waals surface area (Å²) >= 11 is 0. The number of ether oxygens (including phenoxy) is 6. The molecular weight excluding hydrogens is 508 g/mol. The van der Waals surface area contributed by atoms with Crippen molar-refractivity contribution in [3.8, 4) is 0 Å². The molecule has 212 valence electrons. The third-order valence-electron chi connectivity index (χ3n) is 5.11. The molecule has 1 heterocycles. The summed E-state index contributed by atoms with van der Waals surface area (Å²) in [5.74, 6) is -28.0. The first-order chi connectivity index (χ1) is 17.0. The largest absolute Gasteiger partial charge is 0.456 e. The van der Waals surface area contributed by atoms with Gasteiger partial charge in [0, 0.05) is 32.1 Å². The van der Waals surface area contributed by atoms with Crippen LogP contribution in [-0.2, 0) is 52.4 Å². The van der Waals surface area contributed by atoms with E-state index in [1.54, 1.807) is 0 Å². The molecular formula is C21H32O16. The molecule has 5 N–H and O–H groups in total. The molecule has 16 nitrogen and oxygen atoms in total. The van der Waals surface area contributed by atoms with Crippen molar-refractivity contribution < 1.29 is 77.9 Å². The number of aliphatic hydroxyl groups is 5. The van der Waals surface area contributed by atoms with Crippen LogP contribution in [0.2, 0.25) is 0 Å². The van der Waals surface area contributed by atoms with Gasteiger partial charge in [0.05, 0.1) is 0 Å². The highest BCUT2D eigenvalue weighted by Crippen LogP contribution is 2.56. The zero-order chi connectivity index (χ0) is 28.9. The van der Waals surface area contributed by atoms with E-state index in [1.165, 1.54) is 34.6 Å². The van der Waals surface area contributed by atoms with E-state index >= 15 is 0 Å². The fourth-order valence-electron chi connectivity index (χ4n) is 2.98. The first-order valence-electron chi connectivity index (χ1n) is 11.3. The first-order valence-corrected chi connectivity index (χ1v) is 11.3. The van der Waals surface area contributed by atoms with Crippen LogP contribution in [0.5, 0.6) is 0 Å². The van der Waals surface area contributed by atoms with Gasteiger partial charge in [0.1, 0.15) is 6.61 Å². The number of rotatable bonds is 11. The Kier molecular flexibility index (Phi) is 10.1. The molecule has 1 rings (SSSR count). The normalized spacial score (nSPS) is 30.5. The summed E-state index contributed by atoms with van der Waals surface area (Å²) in [5.41, 5.74) is 0. The minimum Gasteiger partial charge on any atom is -0.420 e. The Hall–Kier alpha value is -2.89. The van der Waals surface area contributed by atoms with Crippen LogP contribution in [0.25, 0.3) is 0 Å². The Morgan fingerprint density at radius 1 is 0.541 bits per heavy atom. The van der Waals surface area contributed by atoms with E-state index < -0.39 is 97.7 Å². The lowest BCUT2D eigenvalue weighted by Crippen LogP contribution is -2.91. The topological polar surface area (TPSA) is 242 Å². The molecule has 0 spiro atoms. The van der Waals surface area contributed by atoms with Crippen molar-refractivity contribution in [2.75, 3.05) is 6.61 Å². The molecule has 1 saturated heterocycles. The van der Waals surface area contributed by atoms with Gasteiger partial charge < -0.3 is 49.2 Å². The predicted octanol–water partition coefficient (Wildman–Crippen LogP) is -1.82. The van der Waals surface area contributed by atoms with Crippen molar-refractivity contribution in [3.05, 3.63) is 0 Å². The van der Waals surface area contributed by atoms with Crippen LogP contribution in [0.15, 0.2) is 0 Å². The third kappa shape index (κ3) is 5.39. The second-order valence-corrected chi connectivity index (χ2v) is 7.67. The van der Waals surface area contributed by atoms with E-state index in [0.717, 1.165) is 0 Å². The van der Waals surface area contributed by atoms with Crippen molar-refractivity contribution in [1.29, 1.82) is 0 Å². The summed E-state index contributed by atoms with van der Waals surface area (Å²) in [6, 6.07) is 0. The summed E-state index contributed by atoms with van der Waals surface area (Å²) in [5, 5.41) is 55.8. The second-order valence-electron chi connectivity index (χ2n) is 7.67. The van der Waals surface area contributed by atoms with Gasteiger partial charge in [-0.15, -0.1) is 0 Å². The summed E-state index contributed by atoms with van der Waals surface area (Å²) in [7, 11) is 0. The highest BCUT2D eigenvalue weighted by atomic mass is 17.0. The molecule has 4 atom stereocenters. The maximum absolute atomic E-state index is 12.4. The number of hydrogen-bond donors (Lipinski definition) is 5. The molecule has 0 bridgehead atoms. The molecule has 1 aliphatic heterocycles. The quantitative estimate of drug-likeness (QED) is 0.110. The fourth-order valence-corrected chi connectivity index (χ4v) is 2.98. The van der Waals surface area contributed by atoms with Gasteiger partial charge >= 0.3 is 53.2 Å². The molecule has 0 aromatic carbocycles. The first kappa shape index (κ1) is 32.1. The molecule has 1 aliphatic rings. The van der Waals surface area contributed by atoms with Crippen LogP contribution in [0, 0.1) is 0 Å². The van der Waals surface area contributed by atoms with E-state index in [1.807, 2.05) is 0 Å². The Bertz CT molecular complexity index is 885.